The lowest BCUT2D eigenvalue weighted by atomic mass is 10.2. The first-order valence-corrected chi connectivity index (χ1v) is 6.14. The molecule has 1 aliphatic heterocycles. The van der Waals surface area contributed by atoms with E-state index in [2.05, 4.69) is 35.4 Å². The van der Waals surface area contributed by atoms with Crippen LogP contribution in [0.15, 0.2) is 18.2 Å². The molecule has 3 heteroatoms. The Labute approximate surface area is 97.2 Å². The first kappa shape index (κ1) is 11.6. The molecule has 0 aromatic carbocycles. The van der Waals surface area contributed by atoms with E-state index in [-0.39, 0.29) is 0 Å². The lowest BCUT2D eigenvalue weighted by Crippen LogP contribution is -2.28. The maximum absolute atomic E-state index is 5.32. The smallest absolute Gasteiger partial charge is 0.0620 e. The molecule has 1 aromatic heterocycles. The van der Waals surface area contributed by atoms with Gasteiger partial charge in [-0.05, 0) is 25.0 Å². The van der Waals surface area contributed by atoms with Gasteiger partial charge in [-0.2, -0.15) is 0 Å². The minimum absolute atomic E-state index is 0.511. The predicted octanol–water partition coefficient (Wildman–Crippen LogP) is 1.91. The number of aryl methyl sites for hydroxylation is 1. The Kier molecular flexibility index (Phi) is 4.31. The first-order valence-electron chi connectivity index (χ1n) is 6.14. The summed E-state index contributed by atoms with van der Waals surface area (Å²) in [5.74, 6) is 0. The summed E-state index contributed by atoms with van der Waals surface area (Å²) in [4.78, 5) is 4.62. The van der Waals surface area contributed by atoms with Crippen LogP contribution in [0.25, 0.3) is 0 Å². The molecule has 88 valence electrons. The number of hydrogen-bond donors (Lipinski definition) is 1. The fourth-order valence-electron chi connectivity index (χ4n) is 1.97. The van der Waals surface area contributed by atoms with E-state index in [9.17, 15) is 0 Å². The average Bonchev–Trinajstić information content (AvgIpc) is 2.80. The molecule has 3 nitrogen and oxygen atoms in total. The van der Waals surface area contributed by atoms with Crippen molar-refractivity contribution in [3.8, 4) is 0 Å². The van der Waals surface area contributed by atoms with Gasteiger partial charge >= 0.3 is 0 Å². The molecule has 0 spiro atoms. The second-order valence-corrected chi connectivity index (χ2v) is 4.31. The van der Waals surface area contributed by atoms with E-state index in [4.69, 9.17) is 4.74 Å². The van der Waals surface area contributed by atoms with Crippen LogP contribution in [-0.2, 0) is 17.7 Å². The Bertz CT molecular complexity index is 321. The third-order valence-corrected chi connectivity index (χ3v) is 2.87. The van der Waals surface area contributed by atoms with E-state index >= 15 is 0 Å². The topological polar surface area (TPSA) is 34.1 Å². The molecule has 0 amide bonds. The normalized spacial score (nSPS) is 20.2. The predicted molar refractivity (Wildman–Crippen MR) is 64.3 cm³/mol. The van der Waals surface area contributed by atoms with Gasteiger partial charge in [-0.25, -0.2) is 0 Å². The van der Waals surface area contributed by atoms with Crippen molar-refractivity contribution in [1.29, 1.82) is 0 Å². The van der Waals surface area contributed by atoms with Gasteiger partial charge in [-0.1, -0.05) is 19.4 Å². The highest BCUT2D eigenvalue weighted by Gasteiger charge is 2.14. The van der Waals surface area contributed by atoms with Gasteiger partial charge in [-0.3, -0.25) is 4.98 Å². The summed E-state index contributed by atoms with van der Waals surface area (Å²) < 4.78 is 5.32. The molecular weight excluding hydrogens is 200 g/mol. The van der Waals surface area contributed by atoms with Crippen molar-refractivity contribution >= 4 is 0 Å². The largest absolute Gasteiger partial charge is 0.380 e. The van der Waals surface area contributed by atoms with Gasteiger partial charge in [0.2, 0.25) is 0 Å². The van der Waals surface area contributed by atoms with Crippen LogP contribution in [0.2, 0.25) is 0 Å². The van der Waals surface area contributed by atoms with Gasteiger partial charge in [-0.15, -0.1) is 0 Å². The fraction of sp³-hybridized carbons (Fsp3) is 0.615. The van der Waals surface area contributed by atoms with Crippen LogP contribution in [0.5, 0.6) is 0 Å². The van der Waals surface area contributed by atoms with E-state index in [0.29, 0.717) is 6.04 Å². The number of nitrogens with one attached hydrogen (secondary N) is 1. The minimum Gasteiger partial charge on any atom is -0.380 e. The zero-order chi connectivity index (χ0) is 11.2. The van der Waals surface area contributed by atoms with Crippen LogP contribution >= 0.6 is 0 Å². The SMILES string of the molecule is CCCc1cccc(CN[C@H]2CCOC2)n1. The second kappa shape index (κ2) is 5.97. The number of ether oxygens (including phenoxy) is 1. The van der Waals surface area contributed by atoms with Gasteiger partial charge in [0, 0.05) is 24.9 Å². The molecule has 16 heavy (non-hydrogen) atoms. The van der Waals surface area contributed by atoms with Gasteiger partial charge in [0.25, 0.3) is 0 Å². The highest BCUT2D eigenvalue weighted by atomic mass is 16.5. The van der Waals surface area contributed by atoms with Gasteiger partial charge in [0.15, 0.2) is 0 Å². The molecule has 0 bridgehead atoms. The summed E-state index contributed by atoms with van der Waals surface area (Å²) in [5.41, 5.74) is 2.34. The Morgan fingerprint density at radius 3 is 3.06 bits per heavy atom. The fourth-order valence-corrected chi connectivity index (χ4v) is 1.97. The molecule has 0 aliphatic carbocycles. The molecule has 1 saturated heterocycles. The molecule has 0 radical (unpaired) electrons. The van der Waals surface area contributed by atoms with Gasteiger partial charge in [0.05, 0.1) is 12.3 Å². The number of rotatable bonds is 5. The summed E-state index contributed by atoms with van der Waals surface area (Å²) in [6.07, 6.45) is 3.34. The Hall–Kier alpha value is -0.930. The quantitative estimate of drug-likeness (QED) is 0.823. The molecule has 0 unspecified atom stereocenters. The summed E-state index contributed by atoms with van der Waals surface area (Å²) in [7, 11) is 0. The Balaban J connectivity index is 1.85. The lowest BCUT2D eigenvalue weighted by molar-refractivity contribution is 0.189. The summed E-state index contributed by atoms with van der Waals surface area (Å²) >= 11 is 0. The second-order valence-electron chi connectivity index (χ2n) is 4.31. The van der Waals surface area contributed by atoms with Crippen molar-refractivity contribution < 1.29 is 4.74 Å². The molecule has 1 N–H and O–H groups in total. The third-order valence-electron chi connectivity index (χ3n) is 2.87. The van der Waals surface area contributed by atoms with Crippen molar-refractivity contribution in [3.05, 3.63) is 29.6 Å². The highest BCUT2D eigenvalue weighted by Crippen LogP contribution is 2.06. The van der Waals surface area contributed by atoms with Crippen LogP contribution in [0.1, 0.15) is 31.2 Å². The van der Waals surface area contributed by atoms with Crippen molar-refractivity contribution in [3.63, 3.8) is 0 Å². The standard InChI is InChI=1S/C13H20N2O/c1-2-4-11-5-3-6-12(15-11)9-14-13-7-8-16-10-13/h3,5-6,13-14H,2,4,7-10H2,1H3/t13-/m0/s1. The first-order chi connectivity index (χ1) is 7.88. The molecule has 1 aromatic rings. The van der Waals surface area contributed by atoms with E-state index < -0.39 is 0 Å². The minimum atomic E-state index is 0.511. The van der Waals surface area contributed by atoms with E-state index in [1.807, 2.05) is 0 Å². The maximum atomic E-state index is 5.32. The van der Waals surface area contributed by atoms with Crippen molar-refractivity contribution in [2.45, 2.75) is 38.8 Å². The molecule has 0 saturated carbocycles. The number of pyridine rings is 1. The van der Waals surface area contributed by atoms with Crippen LogP contribution in [0, 0.1) is 0 Å². The van der Waals surface area contributed by atoms with Crippen LogP contribution in [-0.4, -0.2) is 24.2 Å². The highest BCUT2D eigenvalue weighted by molar-refractivity contribution is 5.11. The van der Waals surface area contributed by atoms with Gasteiger partial charge in [0.1, 0.15) is 0 Å². The van der Waals surface area contributed by atoms with Crippen molar-refractivity contribution in [2.75, 3.05) is 13.2 Å². The van der Waals surface area contributed by atoms with Crippen molar-refractivity contribution in [2.24, 2.45) is 0 Å². The Morgan fingerprint density at radius 2 is 2.31 bits per heavy atom. The summed E-state index contributed by atoms with van der Waals surface area (Å²) in [6.45, 7) is 4.77. The van der Waals surface area contributed by atoms with E-state index in [0.717, 1.165) is 44.7 Å². The van der Waals surface area contributed by atoms with Crippen LogP contribution < -0.4 is 5.32 Å². The molecule has 1 aliphatic rings. The maximum Gasteiger partial charge on any atom is 0.0620 e. The zero-order valence-corrected chi connectivity index (χ0v) is 9.91. The lowest BCUT2D eigenvalue weighted by Gasteiger charge is -2.10. The van der Waals surface area contributed by atoms with E-state index in [1.54, 1.807) is 0 Å². The molecule has 2 rings (SSSR count). The number of nitrogens with zero attached hydrogens (tertiary/aromatic N) is 1. The van der Waals surface area contributed by atoms with Gasteiger partial charge < -0.3 is 10.1 Å². The third kappa shape index (κ3) is 3.29. The van der Waals surface area contributed by atoms with E-state index in [1.165, 1.54) is 5.69 Å². The number of aromatic nitrogens is 1. The Morgan fingerprint density at radius 1 is 1.44 bits per heavy atom. The molecular formula is C13H20N2O. The van der Waals surface area contributed by atoms with Crippen molar-refractivity contribution in [1.82, 2.24) is 10.3 Å². The van der Waals surface area contributed by atoms with Crippen LogP contribution in [0.3, 0.4) is 0 Å². The monoisotopic (exact) mass is 220 g/mol. The average molecular weight is 220 g/mol. The number of hydrogen-bond acceptors (Lipinski definition) is 3. The molecule has 1 atom stereocenters. The molecule has 1 fully saturated rings. The molecule has 2 heterocycles. The van der Waals surface area contributed by atoms with Crippen LogP contribution in [0.4, 0.5) is 0 Å². The zero-order valence-electron chi connectivity index (χ0n) is 9.91. The summed E-state index contributed by atoms with van der Waals surface area (Å²) in [6, 6.07) is 6.80. The summed E-state index contributed by atoms with van der Waals surface area (Å²) in [5, 5.41) is 3.48.